The summed E-state index contributed by atoms with van der Waals surface area (Å²) >= 11 is 0. The quantitative estimate of drug-likeness (QED) is 0.853. The molecule has 3 rings (SSSR count). The van der Waals surface area contributed by atoms with E-state index < -0.39 is 28.2 Å². The van der Waals surface area contributed by atoms with Crippen LogP contribution in [-0.4, -0.2) is 27.7 Å². The van der Waals surface area contributed by atoms with Gasteiger partial charge in [-0.1, -0.05) is 30.7 Å². The lowest BCUT2D eigenvalue weighted by Gasteiger charge is -2.30. The second-order valence-electron chi connectivity index (χ2n) is 6.53. The van der Waals surface area contributed by atoms with Crippen molar-refractivity contribution in [3.8, 4) is 5.75 Å². The van der Waals surface area contributed by atoms with Crippen LogP contribution in [0.1, 0.15) is 25.7 Å². The molecular formula is C18H20F3NO3S. The van der Waals surface area contributed by atoms with Crippen molar-refractivity contribution in [2.24, 2.45) is 5.92 Å². The van der Waals surface area contributed by atoms with Crippen molar-refractivity contribution in [2.75, 3.05) is 7.11 Å². The largest absolute Gasteiger partial charge is 0.496 e. The summed E-state index contributed by atoms with van der Waals surface area (Å²) in [5.74, 6) is -0.925. The number of fused-ring (bicyclic) bond motifs is 1. The van der Waals surface area contributed by atoms with Crippen molar-refractivity contribution in [1.82, 2.24) is 4.72 Å². The Hall–Kier alpha value is -1.80. The highest BCUT2D eigenvalue weighted by Crippen LogP contribution is 2.38. The standard InChI is InChI=1S/C18H20F3NO3S/c1-25-16-9-10-17(15-8-3-2-7-14(15)16)26(23,24)22-13-6-4-5-12(11-13)18(19,20)21/h2-3,7-10,12-13,22H,4-6,11H2,1H3. The van der Waals surface area contributed by atoms with Crippen molar-refractivity contribution < 1.29 is 26.3 Å². The van der Waals surface area contributed by atoms with Crippen LogP contribution < -0.4 is 9.46 Å². The summed E-state index contributed by atoms with van der Waals surface area (Å²) in [7, 11) is -2.46. The van der Waals surface area contributed by atoms with Gasteiger partial charge >= 0.3 is 6.18 Å². The molecule has 1 fully saturated rings. The molecule has 2 atom stereocenters. The van der Waals surface area contributed by atoms with E-state index >= 15 is 0 Å². The summed E-state index contributed by atoms with van der Waals surface area (Å²) in [5.41, 5.74) is 0. The third-order valence-corrected chi connectivity index (χ3v) is 6.39. The predicted molar refractivity (Wildman–Crippen MR) is 92.6 cm³/mol. The molecule has 0 spiro atoms. The lowest BCUT2D eigenvalue weighted by Crippen LogP contribution is -2.41. The zero-order valence-corrected chi connectivity index (χ0v) is 15.0. The minimum atomic E-state index is -4.29. The van der Waals surface area contributed by atoms with Gasteiger partial charge in [-0.2, -0.15) is 13.2 Å². The molecule has 0 heterocycles. The van der Waals surface area contributed by atoms with Crippen LogP contribution in [0.5, 0.6) is 5.75 Å². The number of halogens is 3. The van der Waals surface area contributed by atoms with Crippen molar-refractivity contribution in [1.29, 1.82) is 0 Å². The zero-order chi connectivity index (χ0) is 18.9. The Balaban J connectivity index is 1.91. The van der Waals surface area contributed by atoms with Crippen LogP contribution in [0.3, 0.4) is 0 Å². The molecule has 0 saturated heterocycles. The van der Waals surface area contributed by atoms with Gasteiger partial charge in [-0.3, -0.25) is 0 Å². The number of benzene rings is 2. The highest BCUT2D eigenvalue weighted by Gasteiger charge is 2.42. The predicted octanol–water partition coefficient (Wildman–Crippen LogP) is 4.25. The Morgan fingerprint density at radius 3 is 2.42 bits per heavy atom. The Bertz CT molecular complexity index is 896. The van der Waals surface area contributed by atoms with E-state index in [9.17, 15) is 21.6 Å². The Morgan fingerprint density at radius 1 is 1.08 bits per heavy atom. The van der Waals surface area contributed by atoms with Gasteiger partial charge < -0.3 is 4.74 Å². The fourth-order valence-corrected chi connectivity index (χ4v) is 5.03. The molecule has 26 heavy (non-hydrogen) atoms. The second-order valence-corrected chi connectivity index (χ2v) is 8.22. The van der Waals surface area contributed by atoms with Crippen LogP contribution in [0.2, 0.25) is 0 Å². The monoisotopic (exact) mass is 387 g/mol. The molecule has 2 aromatic rings. The van der Waals surface area contributed by atoms with Gasteiger partial charge in [-0.15, -0.1) is 0 Å². The van der Waals surface area contributed by atoms with E-state index in [1.165, 1.54) is 13.2 Å². The molecule has 1 saturated carbocycles. The molecule has 1 aliphatic carbocycles. The van der Waals surface area contributed by atoms with E-state index in [4.69, 9.17) is 4.74 Å². The molecule has 8 heteroatoms. The third-order valence-electron chi connectivity index (χ3n) is 4.81. The van der Waals surface area contributed by atoms with Crippen LogP contribution in [-0.2, 0) is 10.0 Å². The van der Waals surface area contributed by atoms with Crippen LogP contribution in [0.25, 0.3) is 10.8 Å². The number of alkyl halides is 3. The maximum Gasteiger partial charge on any atom is 0.391 e. The average Bonchev–Trinajstić information content (AvgIpc) is 2.59. The van der Waals surface area contributed by atoms with E-state index in [-0.39, 0.29) is 17.7 Å². The number of hydrogen-bond acceptors (Lipinski definition) is 3. The Kier molecular flexibility index (Phi) is 5.16. The zero-order valence-electron chi connectivity index (χ0n) is 14.2. The summed E-state index contributed by atoms with van der Waals surface area (Å²) in [6.45, 7) is 0. The van der Waals surface area contributed by atoms with Crippen molar-refractivity contribution in [3.63, 3.8) is 0 Å². The number of hydrogen-bond donors (Lipinski definition) is 1. The first-order valence-corrected chi connectivity index (χ1v) is 9.85. The lowest BCUT2D eigenvalue weighted by molar-refractivity contribution is -0.183. The fraction of sp³-hybridized carbons (Fsp3) is 0.444. The maximum atomic E-state index is 13.0. The highest BCUT2D eigenvalue weighted by molar-refractivity contribution is 7.89. The first-order valence-electron chi connectivity index (χ1n) is 8.37. The minimum Gasteiger partial charge on any atom is -0.496 e. The van der Waals surface area contributed by atoms with Crippen LogP contribution in [0.15, 0.2) is 41.3 Å². The maximum absolute atomic E-state index is 13.0. The molecule has 0 aliphatic heterocycles. The molecule has 1 aliphatic rings. The third kappa shape index (κ3) is 3.81. The highest BCUT2D eigenvalue weighted by atomic mass is 32.2. The molecule has 0 amide bonds. The van der Waals surface area contributed by atoms with Crippen LogP contribution in [0.4, 0.5) is 13.2 Å². The molecular weight excluding hydrogens is 367 g/mol. The summed E-state index contributed by atoms with van der Waals surface area (Å²) in [6, 6.07) is 9.13. The Labute approximate surface area is 150 Å². The molecule has 1 N–H and O–H groups in total. The van der Waals surface area contributed by atoms with Gasteiger partial charge in [0.05, 0.1) is 17.9 Å². The van der Waals surface area contributed by atoms with Gasteiger partial charge in [0.15, 0.2) is 0 Å². The summed E-state index contributed by atoms with van der Waals surface area (Å²) < 4.78 is 72.3. The van der Waals surface area contributed by atoms with Gasteiger partial charge in [0.25, 0.3) is 0 Å². The molecule has 0 bridgehead atoms. The summed E-state index contributed by atoms with van der Waals surface area (Å²) in [5, 5.41) is 1.11. The van der Waals surface area contributed by atoms with Crippen LogP contribution >= 0.6 is 0 Å². The van der Waals surface area contributed by atoms with Gasteiger partial charge in [0.2, 0.25) is 10.0 Å². The van der Waals surface area contributed by atoms with E-state index in [0.717, 1.165) is 0 Å². The number of ether oxygens (including phenoxy) is 1. The SMILES string of the molecule is COc1ccc(S(=O)(=O)NC2CCCC(C(F)(F)F)C2)c2ccccc12. The topological polar surface area (TPSA) is 55.4 Å². The molecule has 0 aromatic heterocycles. The number of methoxy groups -OCH3 is 1. The average molecular weight is 387 g/mol. The fourth-order valence-electron chi connectivity index (χ4n) is 3.53. The lowest BCUT2D eigenvalue weighted by atomic mass is 9.86. The molecule has 4 nitrogen and oxygen atoms in total. The first kappa shape index (κ1) is 19.0. The molecule has 2 aromatic carbocycles. The second kappa shape index (κ2) is 7.08. The normalized spacial score (nSPS) is 21.7. The first-order chi connectivity index (χ1) is 12.2. The van der Waals surface area contributed by atoms with Crippen molar-refractivity contribution in [2.45, 2.75) is 42.8 Å². The number of rotatable bonds is 4. The van der Waals surface area contributed by atoms with Gasteiger partial charge in [0, 0.05) is 16.8 Å². The van der Waals surface area contributed by atoms with E-state index in [1.807, 2.05) is 0 Å². The summed E-state index contributed by atoms with van der Waals surface area (Å²) in [4.78, 5) is 0.0445. The molecule has 2 unspecified atom stereocenters. The number of sulfonamides is 1. The minimum absolute atomic E-state index is 0.0445. The van der Waals surface area contributed by atoms with E-state index in [2.05, 4.69) is 4.72 Å². The van der Waals surface area contributed by atoms with E-state index in [1.54, 1.807) is 30.3 Å². The summed E-state index contributed by atoms with van der Waals surface area (Å²) in [6.07, 6.45) is -3.72. The molecule has 142 valence electrons. The van der Waals surface area contributed by atoms with Gasteiger partial charge in [0.1, 0.15) is 5.75 Å². The smallest absolute Gasteiger partial charge is 0.391 e. The van der Waals surface area contributed by atoms with Gasteiger partial charge in [-0.25, -0.2) is 13.1 Å². The number of nitrogens with one attached hydrogen (secondary N) is 1. The van der Waals surface area contributed by atoms with Crippen molar-refractivity contribution >= 4 is 20.8 Å². The van der Waals surface area contributed by atoms with Crippen molar-refractivity contribution in [3.05, 3.63) is 36.4 Å². The van der Waals surface area contributed by atoms with Gasteiger partial charge in [-0.05, 0) is 31.4 Å². The van der Waals surface area contributed by atoms with Crippen LogP contribution in [0, 0.1) is 5.92 Å². The molecule has 0 radical (unpaired) electrons. The van der Waals surface area contributed by atoms with E-state index in [0.29, 0.717) is 29.4 Å². The Morgan fingerprint density at radius 2 is 1.77 bits per heavy atom.